The van der Waals surface area contributed by atoms with Gasteiger partial charge in [0.25, 0.3) is 0 Å². The van der Waals surface area contributed by atoms with Crippen LogP contribution in [0.1, 0.15) is 5.69 Å². The lowest BCUT2D eigenvalue weighted by Crippen LogP contribution is -2.23. The molecule has 0 aromatic carbocycles. The molecule has 0 saturated heterocycles. The first-order valence-electron chi connectivity index (χ1n) is 2.90. The molecule has 8 heteroatoms. The molecule has 1 atom stereocenters. The second-order valence-electron chi connectivity index (χ2n) is 1.91. The van der Waals surface area contributed by atoms with Gasteiger partial charge in [0.1, 0.15) is 6.07 Å². The first-order valence-corrected chi connectivity index (χ1v) is 4.00. The van der Waals surface area contributed by atoms with Crippen molar-refractivity contribution in [2.75, 3.05) is 0 Å². The highest BCUT2D eigenvalue weighted by atomic mass is 32.2. The van der Waals surface area contributed by atoms with E-state index in [-0.39, 0.29) is 9.78 Å². The predicted molar refractivity (Wildman–Crippen MR) is 36.5 cm³/mol. The van der Waals surface area contributed by atoms with Gasteiger partial charge in [0, 0.05) is 6.20 Å². The largest absolute Gasteiger partial charge is 0.492 e. The zero-order chi connectivity index (χ0) is 10.1. The molecule has 1 aromatic rings. The first kappa shape index (κ1) is 9.73. The summed E-state index contributed by atoms with van der Waals surface area (Å²) in [5.74, 6) is 0. The van der Waals surface area contributed by atoms with Crippen molar-refractivity contribution in [1.82, 2.24) is 9.19 Å². The molecule has 1 aromatic heterocycles. The van der Waals surface area contributed by atoms with E-state index in [0.717, 1.165) is 12.3 Å². The van der Waals surface area contributed by atoms with Gasteiger partial charge in [-0.1, -0.05) is 0 Å². The third-order valence-electron chi connectivity index (χ3n) is 1.05. The van der Waals surface area contributed by atoms with E-state index >= 15 is 0 Å². The Morgan fingerprint density at radius 2 is 2.23 bits per heavy atom. The minimum Gasteiger partial charge on any atom is -0.225 e. The second kappa shape index (κ2) is 3.18. The molecule has 0 amide bonds. The van der Waals surface area contributed by atoms with Crippen LogP contribution in [-0.2, 0) is 11.0 Å². The lowest BCUT2D eigenvalue weighted by atomic mass is 10.5. The molecule has 0 aliphatic carbocycles. The van der Waals surface area contributed by atoms with E-state index in [4.69, 9.17) is 5.26 Å². The van der Waals surface area contributed by atoms with E-state index in [1.54, 1.807) is 0 Å². The lowest BCUT2D eigenvalue weighted by molar-refractivity contribution is -0.0395. The van der Waals surface area contributed by atoms with Crippen LogP contribution in [0, 0.1) is 11.3 Å². The Hall–Kier alpha value is -1.36. The van der Waals surface area contributed by atoms with Crippen molar-refractivity contribution in [2.24, 2.45) is 0 Å². The zero-order valence-electron chi connectivity index (χ0n) is 5.95. The van der Waals surface area contributed by atoms with Crippen molar-refractivity contribution in [3.8, 4) is 6.07 Å². The molecule has 70 valence electrons. The summed E-state index contributed by atoms with van der Waals surface area (Å²) in [4.78, 5) is 0. The van der Waals surface area contributed by atoms with Crippen LogP contribution >= 0.6 is 0 Å². The van der Waals surface area contributed by atoms with Crippen LogP contribution in [0.3, 0.4) is 0 Å². The van der Waals surface area contributed by atoms with E-state index in [1.165, 1.54) is 6.07 Å². The fourth-order valence-electron chi connectivity index (χ4n) is 0.565. The van der Waals surface area contributed by atoms with Gasteiger partial charge in [-0.2, -0.15) is 22.5 Å². The molecule has 0 bridgehead atoms. The zero-order valence-corrected chi connectivity index (χ0v) is 6.76. The van der Waals surface area contributed by atoms with Gasteiger partial charge in [0.15, 0.2) is 5.69 Å². The molecule has 0 fully saturated rings. The molecule has 0 saturated carbocycles. The summed E-state index contributed by atoms with van der Waals surface area (Å²) >= 11 is 0. The maximum atomic E-state index is 11.8. The van der Waals surface area contributed by atoms with Crippen LogP contribution < -0.4 is 0 Å². The van der Waals surface area contributed by atoms with Crippen molar-refractivity contribution in [2.45, 2.75) is 5.51 Å². The van der Waals surface area contributed by atoms with Crippen LogP contribution in [0.5, 0.6) is 0 Å². The van der Waals surface area contributed by atoms with E-state index in [9.17, 15) is 17.4 Å². The van der Waals surface area contributed by atoms with Gasteiger partial charge in [-0.3, -0.25) is 0 Å². The van der Waals surface area contributed by atoms with Crippen LogP contribution in [0.25, 0.3) is 0 Å². The third-order valence-corrected chi connectivity index (χ3v) is 1.99. The van der Waals surface area contributed by atoms with Crippen LogP contribution in [0.2, 0.25) is 0 Å². The molecule has 0 aliphatic rings. The molecule has 0 N–H and O–H groups in total. The smallest absolute Gasteiger partial charge is 0.225 e. The molecular formula is C5H2F3N3OS. The minimum absolute atomic E-state index is 0.193. The Bertz CT molecular complexity index is 377. The van der Waals surface area contributed by atoms with Crippen LogP contribution in [0.4, 0.5) is 13.2 Å². The van der Waals surface area contributed by atoms with Gasteiger partial charge < -0.3 is 0 Å². The maximum Gasteiger partial charge on any atom is 0.492 e. The van der Waals surface area contributed by atoms with E-state index in [0.29, 0.717) is 0 Å². The third kappa shape index (κ3) is 2.06. The Morgan fingerprint density at radius 1 is 1.62 bits per heavy atom. The Kier molecular flexibility index (Phi) is 2.38. The summed E-state index contributed by atoms with van der Waals surface area (Å²) in [5, 5.41) is 11.4. The number of nitrogens with zero attached hydrogens (tertiary/aromatic N) is 3. The topological polar surface area (TPSA) is 58.7 Å². The highest BCUT2D eigenvalue weighted by Gasteiger charge is 2.39. The SMILES string of the molecule is N#Cc1ccn(S(=O)C(F)(F)F)n1. The van der Waals surface area contributed by atoms with Crippen molar-refractivity contribution in [3.05, 3.63) is 18.0 Å². The summed E-state index contributed by atoms with van der Waals surface area (Å²) in [6.45, 7) is 0. The van der Waals surface area contributed by atoms with Crippen molar-refractivity contribution >= 4 is 11.0 Å². The molecule has 0 aliphatic heterocycles. The molecule has 0 spiro atoms. The minimum atomic E-state index is -4.86. The molecule has 4 nitrogen and oxygen atoms in total. The maximum absolute atomic E-state index is 11.8. The fourth-order valence-corrected chi connectivity index (χ4v) is 1.11. The molecule has 1 unspecified atom stereocenters. The Balaban J connectivity index is 2.98. The van der Waals surface area contributed by atoms with E-state index in [2.05, 4.69) is 5.10 Å². The van der Waals surface area contributed by atoms with Gasteiger partial charge in [0.2, 0.25) is 11.0 Å². The summed E-state index contributed by atoms with van der Waals surface area (Å²) in [6.07, 6.45) is 0.835. The lowest BCUT2D eigenvalue weighted by Gasteiger charge is -2.03. The number of halogens is 3. The molecular weight excluding hydrogens is 207 g/mol. The summed E-state index contributed by atoms with van der Waals surface area (Å²) in [5.41, 5.74) is -5.07. The molecule has 1 rings (SSSR count). The quantitative estimate of drug-likeness (QED) is 0.686. The van der Waals surface area contributed by atoms with E-state index < -0.39 is 16.5 Å². The fraction of sp³-hybridized carbons (Fsp3) is 0.200. The van der Waals surface area contributed by atoms with Crippen molar-refractivity contribution < 1.29 is 17.4 Å². The summed E-state index contributed by atoms with van der Waals surface area (Å²) in [6, 6.07) is 2.57. The molecule has 1 heterocycles. The second-order valence-corrected chi connectivity index (χ2v) is 3.25. The Morgan fingerprint density at radius 3 is 2.62 bits per heavy atom. The van der Waals surface area contributed by atoms with Crippen molar-refractivity contribution in [1.29, 1.82) is 5.26 Å². The normalized spacial score (nSPS) is 13.7. The standard InChI is InChI=1S/C5H2F3N3OS/c6-5(7,8)13(12)11-2-1-4(3-9)10-11/h1-2H. The van der Waals surface area contributed by atoms with Crippen LogP contribution in [0.15, 0.2) is 12.3 Å². The van der Waals surface area contributed by atoms with Gasteiger partial charge >= 0.3 is 5.51 Å². The van der Waals surface area contributed by atoms with Gasteiger partial charge in [0.05, 0.1) is 0 Å². The highest BCUT2D eigenvalue weighted by molar-refractivity contribution is 7.84. The number of alkyl halides is 3. The van der Waals surface area contributed by atoms with Crippen molar-refractivity contribution in [3.63, 3.8) is 0 Å². The average Bonchev–Trinajstić information content (AvgIpc) is 2.48. The molecule has 13 heavy (non-hydrogen) atoms. The predicted octanol–water partition coefficient (Wildman–Crippen LogP) is 0.786. The van der Waals surface area contributed by atoms with Gasteiger partial charge in [-0.05, 0) is 6.07 Å². The first-order chi connectivity index (χ1) is 5.95. The van der Waals surface area contributed by atoms with Gasteiger partial charge in [-0.15, -0.1) is 5.10 Å². The van der Waals surface area contributed by atoms with E-state index in [1.807, 2.05) is 0 Å². The highest BCUT2D eigenvalue weighted by Crippen LogP contribution is 2.20. The summed E-state index contributed by atoms with van der Waals surface area (Å²) < 4.78 is 46.2. The number of hydrogen-bond donors (Lipinski definition) is 0. The molecule has 0 radical (unpaired) electrons. The number of hydrogen-bond acceptors (Lipinski definition) is 3. The van der Waals surface area contributed by atoms with Gasteiger partial charge in [-0.25, -0.2) is 4.21 Å². The average molecular weight is 209 g/mol. The number of rotatable bonds is 1. The summed E-state index contributed by atoms with van der Waals surface area (Å²) in [7, 11) is -3.23. The van der Waals surface area contributed by atoms with Crippen LogP contribution in [-0.4, -0.2) is 18.9 Å². The number of nitriles is 1. The number of aromatic nitrogens is 2. The monoisotopic (exact) mass is 209 g/mol. The Labute approximate surface area is 73.2 Å².